The topological polar surface area (TPSA) is 64.6 Å². The molecule has 1 aliphatic carbocycles. The van der Waals surface area contributed by atoms with Crippen molar-refractivity contribution in [1.29, 1.82) is 0 Å². The summed E-state index contributed by atoms with van der Waals surface area (Å²) >= 11 is 0. The third-order valence-electron chi connectivity index (χ3n) is 4.64. The first-order valence-corrected chi connectivity index (χ1v) is 8.18. The van der Waals surface area contributed by atoms with Gasteiger partial charge in [-0.3, -0.25) is 4.79 Å². The highest BCUT2D eigenvalue weighted by Gasteiger charge is 2.40. The van der Waals surface area contributed by atoms with Gasteiger partial charge in [-0.25, -0.2) is 4.79 Å². The Morgan fingerprint density at radius 2 is 1.87 bits per heavy atom. The summed E-state index contributed by atoms with van der Waals surface area (Å²) in [5.74, 6) is 0.171. The summed E-state index contributed by atoms with van der Waals surface area (Å²) in [5, 5.41) is 2.78. The number of rotatable bonds is 6. The second-order valence-corrected chi connectivity index (χ2v) is 6.00. The molecule has 0 heterocycles. The lowest BCUT2D eigenvalue weighted by Crippen LogP contribution is -2.35. The van der Waals surface area contributed by atoms with Crippen LogP contribution in [0.3, 0.4) is 0 Å². The molecule has 2 rings (SSSR count). The number of alkyl carbamates (subject to hydrolysis) is 1. The van der Waals surface area contributed by atoms with Crippen LogP contribution in [0, 0.1) is 17.8 Å². The standard InChI is InChI=1S/C18H25NO4/c1-3-14-9-10-15(16(14)17(20)22-2)11-19-18(21)23-12-13-7-5-4-6-8-13/h4-8,14-16H,3,9-12H2,1-2H3,(H,19,21). The molecule has 1 aromatic carbocycles. The molecule has 5 heteroatoms. The lowest BCUT2D eigenvalue weighted by Gasteiger charge is -2.22. The van der Waals surface area contributed by atoms with Crippen molar-refractivity contribution in [3.05, 3.63) is 35.9 Å². The van der Waals surface area contributed by atoms with Crippen molar-refractivity contribution >= 4 is 12.1 Å². The van der Waals surface area contributed by atoms with Crippen molar-refractivity contribution < 1.29 is 19.1 Å². The summed E-state index contributed by atoms with van der Waals surface area (Å²) in [5.41, 5.74) is 0.946. The van der Waals surface area contributed by atoms with Crippen LogP contribution >= 0.6 is 0 Å². The van der Waals surface area contributed by atoms with Crippen LogP contribution in [0.25, 0.3) is 0 Å². The van der Waals surface area contributed by atoms with Gasteiger partial charge in [-0.1, -0.05) is 43.7 Å². The monoisotopic (exact) mass is 319 g/mol. The van der Waals surface area contributed by atoms with Gasteiger partial charge in [-0.2, -0.15) is 0 Å². The van der Waals surface area contributed by atoms with Crippen LogP contribution in [0.5, 0.6) is 0 Å². The number of amides is 1. The van der Waals surface area contributed by atoms with Crippen LogP contribution in [0.15, 0.2) is 30.3 Å². The summed E-state index contributed by atoms with van der Waals surface area (Å²) in [4.78, 5) is 23.8. The predicted octanol–water partition coefficient (Wildman–Crippen LogP) is 3.14. The van der Waals surface area contributed by atoms with E-state index >= 15 is 0 Å². The van der Waals surface area contributed by atoms with E-state index in [4.69, 9.17) is 9.47 Å². The molecule has 1 saturated carbocycles. The molecule has 0 saturated heterocycles. The maximum absolute atomic E-state index is 12.0. The quantitative estimate of drug-likeness (QED) is 0.818. The molecule has 5 nitrogen and oxygen atoms in total. The number of nitrogens with one attached hydrogen (secondary N) is 1. The minimum Gasteiger partial charge on any atom is -0.469 e. The summed E-state index contributed by atoms with van der Waals surface area (Å²) in [6.07, 6.45) is 2.44. The fraction of sp³-hybridized carbons (Fsp3) is 0.556. The average molecular weight is 319 g/mol. The van der Waals surface area contributed by atoms with Crippen LogP contribution in [0.2, 0.25) is 0 Å². The summed E-state index contributed by atoms with van der Waals surface area (Å²) < 4.78 is 10.1. The molecule has 0 aromatic heterocycles. The first-order valence-electron chi connectivity index (χ1n) is 8.18. The number of benzene rings is 1. The minimum absolute atomic E-state index is 0.122. The number of methoxy groups -OCH3 is 1. The molecule has 0 spiro atoms. The highest BCUT2D eigenvalue weighted by atomic mass is 16.5. The lowest BCUT2D eigenvalue weighted by atomic mass is 9.88. The molecule has 3 atom stereocenters. The zero-order valence-corrected chi connectivity index (χ0v) is 13.8. The van der Waals surface area contributed by atoms with E-state index in [0.29, 0.717) is 12.5 Å². The summed E-state index contributed by atoms with van der Waals surface area (Å²) in [6, 6.07) is 9.54. The van der Waals surface area contributed by atoms with E-state index in [-0.39, 0.29) is 24.4 Å². The number of carbonyl (C=O) groups is 2. The van der Waals surface area contributed by atoms with E-state index < -0.39 is 6.09 Å². The van der Waals surface area contributed by atoms with Crippen molar-refractivity contribution in [2.45, 2.75) is 32.8 Å². The summed E-state index contributed by atoms with van der Waals surface area (Å²) in [7, 11) is 1.42. The molecule has 1 aromatic rings. The van der Waals surface area contributed by atoms with Crippen LogP contribution < -0.4 is 5.32 Å². The molecular weight excluding hydrogens is 294 g/mol. The molecule has 3 unspecified atom stereocenters. The Labute approximate surface area is 137 Å². The Balaban J connectivity index is 1.80. The highest BCUT2D eigenvalue weighted by molar-refractivity contribution is 5.73. The van der Waals surface area contributed by atoms with E-state index in [1.54, 1.807) is 0 Å². The van der Waals surface area contributed by atoms with Crippen LogP contribution in [-0.4, -0.2) is 25.7 Å². The molecule has 0 bridgehead atoms. The third-order valence-corrected chi connectivity index (χ3v) is 4.64. The lowest BCUT2D eigenvalue weighted by molar-refractivity contribution is -0.148. The minimum atomic E-state index is -0.447. The average Bonchev–Trinajstić information content (AvgIpc) is 3.01. The van der Waals surface area contributed by atoms with Gasteiger partial charge in [0.25, 0.3) is 0 Å². The Bertz CT molecular complexity index is 517. The van der Waals surface area contributed by atoms with Gasteiger partial charge in [0.15, 0.2) is 0 Å². The van der Waals surface area contributed by atoms with Crippen LogP contribution in [-0.2, 0) is 20.9 Å². The zero-order valence-electron chi connectivity index (χ0n) is 13.8. The zero-order chi connectivity index (χ0) is 16.7. The molecule has 1 N–H and O–H groups in total. The van der Waals surface area contributed by atoms with Crippen LogP contribution in [0.1, 0.15) is 31.7 Å². The molecule has 1 fully saturated rings. The number of carbonyl (C=O) groups excluding carboxylic acids is 2. The molecule has 1 aliphatic rings. The van der Waals surface area contributed by atoms with Gasteiger partial charge in [-0.05, 0) is 30.2 Å². The molecule has 1 amide bonds. The largest absolute Gasteiger partial charge is 0.469 e. The van der Waals surface area contributed by atoms with E-state index in [2.05, 4.69) is 12.2 Å². The number of esters is 1. The van der Waals surface area contributed by atoms with E-state index in [1.807, 2.05) is 30.3 Å². The highest BCUT2D eigenvalue weighted by Crippen LogP contribution is 2.39. The molecule has 126 valence electrons. The van der Waals surface area contributed by atoms with Crippen molar-refractivity contribution in [3.8, 4) is 0 Å². The smallest absolute Gasteiger partial charge is 0.407 e. The predicted molar refractivity (Wildman–Crippen MR) is 86.6 cm³/mol. The first kappa shape index (κ1) is 17.3. The van der Waals surface area contributed by atoms with Gasteiger partial charge in [0.2, 0.25) is 0 Å². The van der Waals surface area contributed by atoms with E-state index in [9.17, 15) is 9.59 Å². The van der Waals surface area contributed by atoms with E-state index in [1.165, 1.54) is 7.11 Å². The summed E-state index contributed by atoms with van der Waals surface area (Å²) in [6.45, 7) is 2.78. The van der Waals surface area contributed by atoms with Crippen molar-refractivity contribution in [2.24, 2.45) is 17.8 Å². The maximum Gasteiger partial charge on any atom is 0.407 e. The van der Waals surface area contributed by atoms with Gasteiger partial charge in [0.05, 0.1) is 13.0 Å². The van der Waals surface area contributed by atoms with Gasteiger partial charge in [-0.15, -0.1) is 0 Å². The number of ether oxygens (including phenoxy) is 2. The Morgan fingerprint density at radius 1 is 1.17 bits per heavy atom. The fourth-order valence-electron chi connectivity index (χ4n) is 3.37. The van der Waals surface area contributed by atoms with Gasteiger partial charge in [0, 0.05) is 6.54 Å². The second-order valence-electron chi connectivity index (χ2n) is 6.00. The van der Waals surface area contributed by atoms with Crippen molar-refractivity contribution in [2.75, 3.05) is 13.7 Å². The van der Waals surface area contributed by atoms with Crippen molar-refractivity contribution in [1.82, 2.24) is 5.32 Å². The maximum atomic E-state index is 12.0. The normalized spacial score (nSPS) is 23.3. The fourth-order valence-corrected chi connectivity index (χ4v) is 3.37. The molecule has 23 heavy (non-hydrogen) atoms. The Hall–Kier alpha value is -2.04. The molecule has 0 radical (unpaired) electrons. The first-order chi connectivity index (χ1) is 11.2. The van der Waals surface area contributed by atoms with E-state index in [0.717, 1.165) is 24.8 Å². The van der Waals surface area contributed by atoms with Crippen LogP contribution in [0.4, 0.5) is 4.79 Å². The molecule has 0 aliphatic heterocycles. The van der Waals surface area contributed by atoms with Gasteiger partial charge in [0.1, 0.15) is 6.61 Å². The van der Waals surface area contributed by atoms with Crippen molar-refractivity contribution in [3.63, 3.8) is 0 Å². The Kier molecular flexibility index (Phi) is 6.44. The van der Waals surface area contributed by atoms with Gasteiger partial charge >= 0.3 is 12.1 Å². The number of hydrogen-bond acceptors (Lipinski definition) is 4. The second kappa shape index (κ2) is 8.56. The SMILES string of the molecule is CCC1CCC(CNC(=O)OCc2ccccc2)C1C(=O)OC. The molecular formula is C18H25NO4. The third kappa shape index (κ3) is 4.71. The van der Waals surface area contributed by atoms with Gasteiger partial charge < -0.3 is 14.8 Å². The number of hydrogen-bond donors (Lipinski definition) is 1. The Morgan fingerprint density at radius 3 is 2.52 bits per heavy atom.